The second-order valence-corrected chi connectivity index (χ2v) is 13.0. The van der Waals surface area contributed by atoms with E-state index in [-0.39, 0.29) is 0 Å². The van der Waals surface area contributed by atoms with Gasteiger partial charge in [0, 0.05) is 5.90 Å². The van der Waals surface area contributed by atoms with E-state index < -0.39 is 33.5 Å². The fraction of sp³-hybridized carbons (Fsp3) is 0.0370. The molecule has 0 aliphatic rings. The standard InChI is InChI=1S/C25H22P2.2CO.Pt/c1-5-13-22(14-6-1)26(23-15-7-2-8-16-23)21-27(24-17-9-3-10-18-24)25-19-11-4-12-20-25;2*1-2;/h1-20H,21H2;;;. The third-order valence-corrected chi connectivity index (χ3v) is 11.0. The molecule has 0 aliphatic heterocycles. The number of carbonyl (C=O) groups excluding carboxylic acids is 2. The van der Waals surface area contributed by atoms with Gasteiger partial charge in [0.05, 0.1) is 0 Å². The minimum Gasteiger partial charge on any atom is -0.0622 e. The van der Waals surface area contributed by atoms with Crippen LogP contribution in [0, 0.1) is 0 Å². The third-order valence-electron chi connectivity index (χ3n) is 4.62. The van der Waals surface area contributed by atoms with Gasteiger partial charge < -0.3 is 0 Å². The van der Waals surface area contributed by atoms with Crippen LogP contribution in [0.25, 0.3) is 0 Å². The first-order chi connectivity index (χ1) is 15.8. The second-order valence-electron chi connectivity index (χ2n) is 6.55. The SMILES string of the molecule is O=[C]=[Pt]=[C]=O.c1ccc(P(CP(c2ccccc2)c2ccccc2)c2ccccc2)cc1. The van der Waals surface area contributed by atoms with E-state index in [0.29, 0.717) is 0 Å². The monoisotopic (exact) mass is 635 g/mol. The molecule has 0 fully saturated rings. The summed E-state index contributed by atoms with van der Waals surface area (Å²) in [6.07, 6.45) is 0. The molecule has 0 bridgehead atoms. The summed E-state index contributed by atoms with van der Waals surface area (Å²) in [5, 5.41) is 5.83. The molecule has 4 aromatic rings. The Balaban J connectivity index is 0.000000523. The summed E-state index contributed by atoms with van der Waals surface area (Å²) >= 11 is -0.988. The number of hydrogen-bond acceptors (Lipinski definition) is 2. The van der Waals surface area contributed by atoms with Crippen molar-refractivity contribution in [2.75, 3.05) is 5.90 Å². The fourth-order valence-electron chi connectivity index (χ4n) is 3.21. The van der Waals surface area contributed by atoms with E-state index in [1.54, 1.807) is 0 Å². The summed E-state index contributed by atoms with van der Waals surface area (Å²) < 4.78 is 2.91. The van der Waals surface area contributed by atoms with Gasteiger partial charge in [0.25, 0.3) is 0 Å². The van der Waals surface area contributed by atoms with E-state index in [0.717, 1.165) is 0 Å². The average molecular weight is 635 g/mol. The van der Waals surface area contributed by atoms with Crippen LogP contribution in [-0.2, 0) is 27.2 Å². The molecule has 4 aromatic carbocycles. The second kappa shape index (κ2) is 13.9. The Morgan fingerprint density at radius 1 is 0.469 bits per heavy atom. The largest absolute Gasteiger partial charge is 0.0622 e. The van der Waals surface area contributed by atoms with Crippen LogP contribution < -0.4 is 21.2 Å². The smallest absolute Gasteiger partial charge is 0.00405 e. The van der Waals surface area contributed by atoms with Gasteiger partial charge in [-0.15, -0.1) is 0 Å². The van der Waals surface area contributed by atoms with Gasteiger partial charge in [0.2, 0.25) is 0 Å². The molecule has 0 spiro atoms. The van der Waals surface area contributed by atoms with Gasteiger partial charge in [-0.25, -0.2) is 0 Å². The van der Waals surface area contributed by atoms with Crippen molar-refractivity contribution in [3.63, 3.8) is 0 Å². The normalized spacial score (nSPS) is 10.2. The van der Waals surface area contributed by atoms with E-state index in [4.69, 9.17) is 9.59 Å². The quantitative estimate of drug-likeness (QED) is 0.295. The molecule has 0 unspecified atom stereocenters. The predicted octanol–water partition coefficient (Wildman–Crippen LogP) is 4.41. The van der Waals surface area contributed by atoms with Crippen molar-refractivity contribution in [2.24, 2.45) is 0 Å². The Morgan fingerprint density at radius 3 is 0.906 bits per heavy atom. The maximum atomic E-state index is 9.07. The maximum absolute atomic E-state index is 9.07. The van der Waals surface area contributed by atoms with Gasteiger partial charge in [-0.1, -0.05) is 121 Å². The van der Waals surface area contributed by atoms with Crippen LogP contribution >= 0.6 is 15.8 Å². The van der Waals surface area contributed by atoms with Gasteiger partial charge in [0.1, 0.15) is 0 Å². The topological polar surface area (TPSA) is 34.1 Å². The summed E-state index contributed by atoms with van der Waals surface area (Å²) in [5.74, 6) is 1.17. The zero-order chi connectivity index (χ0) is 22.4. The van der Waals surface area contributed by atoms with Crippen LogP contribution in [0.15, 0.2) is 121 Å². The first-order valence-electron chi connectivity index (χ1n) is 9.89. The number of hydrogen-bond donors (Lipinski definition) is 0. The molecule has 0 saturated heterocycles. The summed E-state index contributed by atoms with van der Waals surface area (Å²) in [7, 11) is -0.817. The van der Waals surface area contributed by atoms with Crippen molar-refractivity contribution in [3.8, 4) is 0 Å². The molecular formula is C27H22O2P2Pt. The molecule has 32 heavy (non-hydrogen) atoms. The van der Waals surface area contributed by atoms with Gasteiger partial charge >= 0.3 is 35.8 Å². The first-order valence-corrected chi connectivity index (χ1v) is 15.2. The van der Waals surface area contributed by atoms with E-state index in [2.05, 4.69) is 121 Å². The summed E-state index contributed by atoms with van der Waals surface area (Å²) in [6.45, 7) is 0. The van der Waals surface area contributed by atoms with E-state index in [1.807, 2.05) is 0 Å². The van der Waals surface area contributed by atoms with Crippen molar-refractivity contribution >= 4 is 45.6 Å². The zero-order valence-corrected chi connectivity index (χ0v) is 21.3. The van der Waals surface area contributed by atoms with Crippen LogP contribution in [0.2, 0.25) is 0 Å². The third kappa shape index (κ3) is 7.33. The van der Waals surface area contributed by atoms with Crippen molar-refractivity contribution in [2.45, 2.75) is 0 Å². The van der Waals surface area contributed by atoms with Crippen LogP contribution in [0.3, 0.4) is 0 Å². The maximum Gasteiger partial charge on any atom is 0.00405 e. The molecular weight excluding hydrogens is 613 g/mol. The Labute approximate surface area is 199 Å². The average Bonchev–Trinajstić information content (AvgIpc) is 2.88. The van der Waals surface area contributed by atoms with Crippen molar-refractivity contribution < 1.29 is 27.2 Å². The van der Waals surface area contributed by atoms with Crippen LogP contribution in [0.5, 0.6) is 0 Å². The zero-order valence-electron chi connectivity index (χ0n) is 17.3. The van der Waals surface area contributed by atoms with Crippen LogP contribution in [-0.4, -0.2) is 14.4 Å². The Kier molecular flexibility index (Phi) is 10.5. The molecule has 5 heteroatoms. The van der Waals surface area contributed by atoms with Gasteiger partial charge in [0.15, 0.2) is 0 Å². The van der Waals surface area contributed by atoms with E-state index in [9.17, 15) is 0 Å². The van der Waals surface area contributed by atoms with Crippen molar-refractivity contribution in [1.29, 1.82) is 0 Å². The van der Waals surface area contributed by atoms with Crippen molar-refractivity contribution in [1.82, 2.24) is 0 Å². The molecule has 0 atom stereocenters. The fourth-order valence-corrected chi connectivity index (χ4v) is 9.77. The van der Waals surface area contributed by atoms with Gasteiger partial charge in [-0.2, -0.15) is 0 Å². The van der Waals surface area contributed by atoms with E-state index >= 15 is 0 Å². The molecule has 0 aromatic heterocycles. The van der Waals surface area contributed by atoms with Crippen LogP contribution in [0.4, 0.5) is 0 Å². The molecule has 0 saturated carbocycles. The Hall–Kier alpha value is -2.41. The Bertz CT molecular complexity index is 1010. The first kappa shape index (κ1) is 24.2. The van der Waals surface area contributed by atoms with Gasteiger partial charge in [-0.05, 0) is 37.1 Å². The molecule has 0 radical (unpaired) electrons. The summed E-state index contributed by atoms with van der Waals surface area (Å²) in [6, 6.07) is 44.1. The molecule has 4 rings (SSSR count). The molecule has 0 N–H and O–H groups in total. The predicted molar refractivity (Wildman–Crippen MR) is 134 cm³/mol. The Morgan fingerprint density at radius 2 is 0.719 bits per heavy atom. The molecule has 0 heterocycles. The van der Waals surface area contributed by atoms with E-state index in [1.165, 1.54) is 35.7 Å². The summed E-state index contributed by atoms with van der Waals surface area (Å²) in [5.41, 5.74) is 0. The molecule has 2 nitrogen and oxygen atoms in total. The minimum atomic E-state index is -0.988. The van der Waals surface area contributed by atoms with Gasteiger partial charge in [-0.3, -0.25) is 0 Å². The van der Waals surface area contributed by atoms with Crippen molar-refractivity contribution in [3.05, 3.63) is 121 Å². The molecule has 162 valence electrons. The summed E-state index contributed by atoms with van der Waals surface area (Å²) in [4.78, 5) is 18.1. The molecule has 0 aliphatic carbocycles. The number of rotatable bonds is 6. The molecule has 0 amide bonds. The number of benzene rings is 4. The minimum absolute atomic E-state index is 0.409. The van der Waals surface area contributed by atoms with Crippen LogP contribution in [0.1, 0.15) is 0 Å².